The molecular weight excluding hydrogens is 366 g/mol. The number of hydrogen-bond acceptors (Lipinski definition) is 4. The van der Waals surface area contributed by atoms with Crippen LogP contribution in [-0.2, 0) is 6.54 Å². The van der Waals surface area contributed by atoms with Crippen molar-refractivity contribution in [3.63, 3.8) is 0 Å². The normalized spacial score (nSPS) is 15.0. The standard InChI is InChI=1S/C20H24ClN3O3/c1-22-20(24-13-17(25)15-6-3-2-4-7-15)23-12-14-10-16(21)19-18(11-14)26-8-5-9-27-19/h2-4,6-7,10-11,17,25H,5,8-9,12-13H2,1H3,(H2,22,23,24). The van der Waals surface area contributed by atoms with Crippen molar-refractivity contribution in [2.45, 2.75) is 19.1 Å². The highest BCUT2D eigenvalue weighted by molar-refractivity contribution is 6.32. The van der Waals surface area contributed by atoms with Gasteiger partial charge in [-0.2, -0.15) is 0 Å². The molecule has 0 aliphatic carbocycles. The van der Waals surface area contributed by atoms with Crippen molar-refractivity contribution in [2.75, 3.05) is 26.8 Å². The molecule has 1 aliphatic heterocycles. The summed E-state index contributed by atoms with van der Waals surface area (Å²) in [6.07, 6.45) is 0.219. The second-order valence-corrected chi connectivity index (χ2v) is 6.60. The highest BCUT2D eigenvalue weighted by Gasteiger charge is 2.16. The molecule has 0 saturated heterocycles. The first kappa shape index (κ1) is 19.3. The molecule has 3 rings (SSSR count). The molecule has 6 nitrogen and oxygen atoms in total. The highest BCUT2D eigenvalue weighted by Crippen LogP contribution is 2.37. The number of aliphatic hydroxyl groups excluding tert-OH is 1. The fourth-order valence-corrected chi connectivity index (χ4v) is 3.07. The Bertz CT molecular complexity index is 784. The van der Waals surface area contributed by atoms with E-state index in [9.17, 15) is 5.11 Å². The van der Waals surface area contributed by atoms with Gasteiger partial charge in [0.25, 0.3) is 0 Å². The zero-order chi connectivity index (χ0) is 19.1. The third-order valence-electron chi connectivity index (χ3n) is 4.19. The summed E-state index contributed by atoms with van der Waals surface area (Å²) in [5.74, 6) is 1.86. The fourth-order valence-electron chi connectivity index (χ4n) is 2.78. The van der Waals surface area contributed by atoms with Crippen molar-refractivity contribution >= 4 is 17.6 Å². The van der Waals surface area contributed by atoms with Crippen molar-refractivity contribution in [2.24, 2.45) is 4.99 Å². The largest absolute Gasteiger partial charge is 0.489 e. The van der Waals surface area contributed by atoms with Gasteiger partial charge in [0.15, 0.2) is 17.5 Å². The molecular formula is C20H24ClN3O3. The van der Waals surface area contributed by atoms with E-state index in [2.05, 4.69) is 15.6 Å². The molecule has 27 heavy (non-hydrogen) atoms. The molecule has 0 bridgehead atoms. The van der Waals surface area contributed by atoms with Crippen LogP contribution in [0.2, 0.25) is 5.02 Å². The summed E-state index contributed by atoms with van der Waals surface area (Å²) in [4.78, 5) is 4.19. The van der Waals surface area contributed by atoms with Crippen molar-refractivity contribution in [3.8, 4) is 11.5 Å². The average molecular weight is 390 g/mol. The van der Waals surface area contributed by atoms with Crippen LogP contribution >= 0.6 is 11.6 Å². The maximum Gasteiger partial charge on any atom is 0.191 e. The SMILES string of the molecule is CN=C(NCc1cc(Cl)c2c(c1)OCCCO2)NCC(O)c1ccccc1. The Morgan fingerprint density at radius 3 is 2.74 bits per heavy atom. The lowest BCUT2D eigenvalue weighted by Gasteiger charge is -2.16. The Kier molecular flexibility index (Phi) is 6.79. The van der Waals surface area contributed by atoms with Gasteiger partial charge in [0.2, 0.25) is 0 Å². The van der Waals surface area contributed by atoms with Crippen molar-refractivity contribution in [1.82, 2.24) is 10.6 Å². The topological polar surface area (TPSA) is 75.1 Å². The summed E-state index contributed by atoms with van der Waals surface area (Å²) in [5.41, 5.74) is 1.81. The quantitative estimate of drug-likeness (QED) is 0.541. The number of aliphatic imine (C=N–C) groups is 1. The molecule has 0 aromatic heterocycles. The number of nitrogens with one attached hydrogen (secondary N) is 2. The number of rotatable bonds is 5. The molecule has 1 unspecified atom stereocenters. The number of fused-ring (bicyclic) bond motifs is 1. The van der Waals surface area contributed by atoms with E-state index in [-0.39, 0.29) is 0 Å². The zero-order valence-electron chi connectivity index (χ0n) is 15.2. The Balaban J connectivity index is 1.56. The van der Waals surface area contributed by atoms with Crippen LogP contribution in [0.5, 0.6) is 11.5 Å². The van der Waals surface area contributed by atoms with Gasteiger partial charge in [0, 0.05) is 26.6 Å². The Morgan fingerprint density at radius 2 is 1.96 bits per heavy atom. The van der Waals surface area contributed by atoms with E-state index < -0.39 is 6.10 Å². The molecule has 144 valence electrons. The number of aliphatic hydroxyl groups is 1. The minimum absolute atomic E-state index is 0.353. The molecule has 0 fully saturated rings. The Labute approximate surface area is 164 Å². The smallest absolute Gasteiger partial charge is 0.191 e. The molecule has 0 radical (unpaired) electrons. The molecule has 7 heteroatoms. The van der Waals surface area contributed by atoms with Crippen LogP contribution in [0.25, 0.3) is 0 Å². The number of nitrogens with zero attached hydrogens (tertiary/aromatic N) is 1. The average Bonchev–Trinajstić information content (AvgIpc) is 2.94. The van der Waals surface area contributed by atoms with Gasteiger partial charge in [-0.1, -0.05) is 41.9 Å². The van der Waals surface area contributed by atoms with Gasteiger partial charge < -0.3 is 25.2 Å². The first-order valence-corrected chi connectivity index (χ1v) is 9.30. The lowest BCUT2D eigenvalue weighted by molar-refractivity contribution is 0.181. The van der Waals surface area contributed by atoms with Crippen LogP contribution in [0, 0.1) is 0 Å². The molecule has 2 aromatic rings. The Hall–Kier alpha value is -2.44. The van der Waals surface area contributed by atoms with Crippen LogP contribution < -0.4 is 20.1 Å². The highest BCUT2D eigenvalue weighted by atomic mass is 35.5. The first-order valence-electron chi connectivity index (χ1n) is 8.93. The first-order chi connectivity index (χ1) is 13.2. The minimum atomic E-state index is -0.614. The molecule has 2 aromatic carbocycles. The Morgan fingerprint density at radius 1 is 1.19 bits per heavy atom. The van der Waals surface area contributed by atoms with Gasteiger partial charge in [-0.3, -0.25) is 4.99 Å². The van der Waals surface area contributed by atoms with E-state index >= 15 is 0 Å². The third kappa shape index (κ3) is 5.28. The number of hydrogen-bond donors (Lipinski definition) is 3. The van der Waals surface area contributed by atoms with Crippen LogP contribution in [0.4, 0.5) is 0 Å². The van der Waals surface area contributed by atoms with Crippen molar-refractivity contribution < 1.29 is 14.6 Å². The monoisotopic (exact) mass is 389 g/mol. The maximum absolute atomic E-state index is 10.3. The summed E-state index contributed by atoms with van der Waals surface area (Å²) < 4.78 is 11.4. The summed E-state index contributed by atoms with van der Waals surface area (Å²) in [6.45, 7) is 2.08. The van der Waals surface area contributed by atoms with E-state index in [1.807, 2.05) is 42.5 Å². The van der Waals surface area contributed by atoms with Crippen LogP contribution in [0.3, 0.4) is 0 Å². The molecule has 0 spiro atoms. The van der Waals surface area contributed by atoms with E-state index in [1.165, 1.54) is 0 Å². The van der Waals surface area contributed by atoms with E-state index in [0.29, 0.717) is 48.8 Å². The van der Waals surface area contributed by atoms with Gasteiger partial charge in [0.1, 0.15) is 0 Å². The van der Waals surface area contributed by atoms with E-state index in [4.69, 9.17) is 21.1 Å². The summed E-state index contributed by atoms with van der Waals surface area (Å²) >= 11 is 6.33. The molecule has 0 amide bonds. The molecule has 1 heterocycles. The fraction of sp³-hybridized carbons (Fsp3) is 0.350. The number of guanidine groups is 1. The van der Waals surface area contributed by atoms with Crippen LogP contribution in [0.1, 0.15) is 23.7 Å². The second-order valence-electron chi connectivity index (χ2n) is 6.19. The second kappa shape index (κ2) is 9.48. The van der Waals surface area contributed by atoms with E-state index in [1.54, 1.807) is 7.05 Å². The van der Waals surface area contributed by atoms with Gasteiger partial charge >= 0.3 is 0 Å². The lowest BCUT2D eigenvalue weighted by Crippen LogP contribution is -2.39. The molecule has 1 atom stereocenters. The van der Waals surface area contributed by atoms with E-state index in [0.717, 1.165) is 17.5 Å². The van der Waals surface area contributed by atoms with Crippen LogP contribution in [-0.4, -0.2) is 37.9 Å². The summed E-state index contributed by atoms with van der Waals surface area (Å²) in [5, 5.41) is 17.1. The lowest BCUT2D eigenvalue weighted by atomic mass is 10.1. The van der Waals surface area contributed by atoms with Crippen molar-refractivity contribution in [3.05, 3.63) is 58.6 Å². The van der Waals surface area contributed by atoms with Gasteiger partial charge in [-0.05, 0) is 23.3 Å². The predicted octanol–water partition coefficient (Wildman–Crippen LogP) is 2.90. The van der Waals surface area contributed by atoms with Gasteiger partial charge in [-0.15, -0.1) is 0 Å². The summed E-state index contributed by atoms with van der Waals surface area (Å²) in [6, 6.07) is 13.3. The van der Waals surface area contributed by atoms with Crippen molar-refractivity contribution in [1.29, 1.82) is 0 Å². The van der Waals surface area contributed by atoms with Gasteiger partial charge in [-0.25, -0.2) is 0 Å². The predicted molar refractivity (Wildman–Crippen MR) is 107 cm³/mol. The minimum Gasteiger partial charge on any atom is -0.489 e. The maximum atomic E-state index is 10.3. The summed E-state index contributed by atoms with van der Waals surface area (Å²) in [7, 11) is 1.69. The van der Waals surface area contributed by atoms with Crippen LogP contribution in [0.15, 0.2) is 47.5 Å². The number of halogens is 1. The zero-order valence-corrected chi connectivity index (χ0v) is 16.0. The molecule has 3 N–H and O–H groups in total. The number of benzene rings is 2. The third-order valence-corrected chi connectivity index (χ3v) is 4.47. The number of ether oxygens (including phenoxy) is 2. The molecule has 1 aliphatic rings. The van der Waals surface area contributed by atoms with Gasteiger partial charge in [0.05, 0.1) is 24.3 Å². The molecule has 0 saturated carbocycles.